The standard InChI is InChI=1S/C14H9NO/c15-9-11-6-7-14(13(8-11)10-16)12-4-2-1-3-5-12/h1-8,10H. The third-order valence-electron chi connectivity index (χ3n) is 2.39. The second kappa shape index (κ2) is 4.41. The van der Waals surface area contributed by atoms with Gasteiger partial charge >= 0.3 is 0 Å². The Bertz CT molecular complexity index is 553. The maximum atomic E-state index is 11.0. The summed E-state index contributed by atoms with van der Waals surface area (Å²) in [6.45, 7) is 0. The van der Waals surface area contributed by atoms with Crippen LogP contribution >= 0.6 is 0 Å². The number of rotatable bonds is 2. The van der Waals surface area contributed by atoms with Crippen molar-refractivity contribution in [2.45, 2.75) is 0 Å². The van der Waals surface area contributed by atoms with Crippen LogP contribution in [-0.4, -0.2) is 6.29 Å². The third-order valence-corrected chi connectivity index (χ3v) is 2.39. The van der Waals surface area contributed by atoms with Gasteiger partial charge in [-0.2, -0.15) is 5.26 Å². The highest BCUT2D eigenvalue weighted by Gasteiger charge is 2.04. The van der Waals surface area contributed by atoms with Crippen LogP contribution in [0.3, 0.4) is 0 Å². The molecule has 0 aliphatic heterocycles. The van der Waals surface area contributed by atoms with Gasteiger partial charge in [-0.05, 0) is 23.3 Å². The predicted molar refractivity (Wildman–Crippen MR) is 62.0 cm³/mol. The van der Waals surface area contributed by atoms with E-state index < -0.39 is 0 Å². The fourth-order valence-corrected chi connectivity index (χ4v) is 1.61. The first-order valence-corrected chi connectivity index (χ1v) is 4.90. The molecular weight excluding hydrogens is 198 g/mol. The molecule has 76 valence electrons. The van der Waals surface area contributed by atoms with E-state index in [1.807, 2.05) is 36.4 Å². The second-order valence-corrected chi connectivity index (χ2v) is 3.40. The Morgan fingerprint density at radius 3 is 2.44 bits per heavy atom. The van der Waals surface area contributed by atoms with Crippen LogP contribution < -0.4 is 0 Å². The van der Waals surface area contributed by atoms with Gasteiger partial charge in [0.2, 0.25) is 0 Å². The van der Waals surface area contributed by atoms with Crippen molar-refractivity contribution < 1.29 is 4.79 Å². The number of nitrogens with zero attached hydrogens (tertiary/aromatic N) is 1. The second-order valence-electron chi connectivity index (χ2n) is 3.40. The summed E-state index contributed by atoms with van der Waals surface area (Å²) in [5.41, 5.74) is 2.88. The Morgan fingerprint density at radius 2 is 1.81 bits per heavy atom. The van der Waals surface area contributed by atoms with Crippen LogP contribution in [0.2, 0.25) is 0 Å². The number of aldehydes is 1. The summed E-state index contributed by atoms with van der Waals surface area (Å²) in [4.78, 5) is 11.0. The molecule has 0 radical (unpaired) electrons. The van der Waals surface area contributed by atoms with Crippen molar-refractivity contribution in [1.29, 1.82) is 5.26 Å². The molecule has 0 atom stereocenters. The van der Waals surface area contributed by atoms with Crippen molar-refractivity contribution in [2.24, 2.45) is 0 Å². The zero-order valence-corrected chi connectivity index (χ0v) is 8.55. The van der Waals surface area contributed by atoms with E-state index in [0.29, 0.717) is 11.1 Å². The predicted octanol–water partition coefficient (Wildman–Crippen LogP) is 3.04. The summed E-state index contributed by atoms with van der Waals surface area (Å²) in [6, 6.07) is 16.8. The van der Waals surface area contributed by atoms with Gasteiger partial charge in [-0.15, -0.1) is 0 Å². The molecular formula is C14H9NO. The number of hydrogen-bond donors (Lipinski definition) is 0. The van der Waals surface area contributed by atoms with Gasteiger partial charge in [0.1, 0.15) is 0 Å². The van der Waals surface area contributed by atoms with Crippen LogP contribution in [0.5, 0.6) is 0 Å². The Kier molecular flexibility index (Phi) is 2.79. The van der Waals surface area contributed by atoms with Gasteiger partial charge in [0.05, 0.1) is 11.6 Å². The molecule has 0 aromatic heterocycles. The van der Waals surface area contributed by atoms with Crippen LogP contribution in [0.1, 0.15) is 15.9 Å². The van der Waals surface area contributed by atoms with E-state index >= 15 is 0 Å². The first-order valence-electron chi connectivity index (χ1n) is 4.90. The lowest BCUT2D eigenvalue weighted by molar-refractivity contribution is 0.112. The highest BCUT2D eigenvalue weighted by atomic mass is 16.1. The fraction of sp³-hybridized carbons (Fsp3) is 0. The number of nitriles is 1. The molecule has 2 aromatic rings. The molecule has 0 fully saturated rings. The molecule has 2 heteroatoms. The molecule has 0 saturated heterocycles. The Balaban J connectivity index is 2.59. The van der Waals surface area contributed by atoms with Gasteiger partial charge in [-0.3, -0.25) is 4.79 Å². The van der Waals surface area contributed by atoms with Crippen LogP contribution in [0, 0.1) is 11.3 Å². The van der Waals surface area contributed by atoms with E-state index in [4.69, 9.17) is 5.26 Å². The van der Waals surface area contributed by atoms with Gasteiger partial charge in [-0.25, -0.2) is 0 Å². The largest absolute Gasteiger partial charge is 0.298 e. The van der Waals surface area contributed by atoms with Crippen molar-refractivity contribution in [3.05, 3.63) is 59.7 Å². The molecule has 16 heavy (non-hydrogen) atoms. The highest BCUT2D eigenvalue weighted by Crippen LogP contribution is 2.23. The first-order chi connectivity index (χ1) is 7.85. The minimum Gasteiger partial charge on any atom is -0.298 e. The normalized spacial score (nSPS) is 9.44. The number of benzene rings is 2. The third kappa shape index (κ3) is 1.84. The number of carbonyl (C=O) groups is 1. The average Bonchev–Trinajstić information content (AvgIpc) is 2.39. The molecule has 0 unspecified atom stereocenters. The van der Waals surface area contributed by atoms with Gasteiger partial charge in [0.25, 0.3) is 0 Å². The summed E-state index contributed by atoms with van der Waals surface area (Å²) in [7, 11) is 0. The number of hydrogen-bond acceptors (Lipinski definition) is 2. The molecule has 0 aliphatic rings. The number of carbonyl (C=O) groups excluding carboxylic acids is 1. The Hall–Kier alpha value is -2.40. The Morgan fingerprint density at radius 1 is 1.06 bits per heavy atom. The lowest BCUT2D eigenvalue weighted by Gasteiger charge is -2.04. The van der Waals surface area contributed by atoms with Crippen molar-refractivity contribution in [3.63, 3.8) is 0 Å². The summed E-state index contributed by atoms with van der Waals surface area (Å²) in [5.74, 6) is 0. The van der Waals surface area contributed by atoms with Crippen molar-refractivity contribution >= 4 is 6.29 Å². The molecule has 2 aromatic carbocycles. The molecule has 0 heterocycles. The van der Waals surface area contributed by atoms with E-state index in [-0.39, 0.29) is 0 Å². The van der Waals surface area contributed by atoms with Crippen molar-refractivity contribution in [2.75, 3.05) is 0 Å². The van der Waals surface area contributed by atoms with E-state index in [0.717, 1.165) is 17.4 Å². The molecule has 0 bridgehead atoms. The van der Waals surface area contributed by atoms with Crippen molar-refractivity contribution in [1.82, 2.24) is 0 Å². The summed E-state index contributed by atoms with van der Waals surface area (Å²) >= 11 is 0. The SMILES string of the molecule is N#Cc1ccc(-c2ccccc2)c(C=O)c1. The van der Waals surface area contributed by atoms with E-state index in [9.17, 15) is 4.79 Å². The molecule has 2 rings (SSSR count). The minimum absolute atomic E-state index is 0.502. The van der Waals surface area contributed by atoms with Gasteiger partial charge < -0.3 is 0 Å². The lowest BCUT2D eigenvalue weighted by atomic mass is 9.98. The zero-order valence-electron chi connectivity index (χ0n) is 8.55. The minimum atomic E-state index is 0.502. The van der Waals surface area contributed by atoms with Crippen molar-refractivity contribution in [3.8, 4) is 17.2 Å². The maximum absolute atomic E-state index is 11.0. The van der Waals surface area contributed by atoms with Crippen LogP contribution in [0.4, 0.5) is 0 Å². The highest BCUT2D eigenvalue weighted by molar-refractivity contribution is 5.88. The van der Waals surface area contributed by atoms with E-state index in [2.05, 4.69) is 0 Å². The molecule has 0 saturated carbocycles. The quantitative estimate of drug-likeness (QED) is 0.710. The molecule has 0 N–H and O–H groups in total. The van der Waals surface area contributed by atoms with Gasteiger partial charge in [0, 0.05) is 5.56 Å². The van der Waals surface area contributed by atoms with E-state index in [1.165, 1.54) is 0 Å². The smallest absolute Gasteiger partial charge is 0.150 e. The molecule has 0 amide bonds. The molecule has 0 spiro atoms. The van der Waals surface area contributed by atoms with Crippen LogP contribution in [-0.2, 0) is 0 Å². The zero-order chi connectivity index (χ0) is 11.4. The first kappa shape index (κ1) is 10.1. The van der Waals surface area contributed by atoms with E-state index in [1.54, 1.807) is 18.2 Å². The van der Waals surface area contributed by atoms with Crippen LogP contribution in [0.15, 0.2) is 48.5 Å². The van der Waals surface area contributed by atoms with Gasteiger partial charge in [-0.1, -0.05) is 36.4 Å². The topological polar surface area (TPSA) is 40.9 Å². The summed E-state index contributed by atoms with van der Waals surface area (Å²) < 4.78 is 0. The van der Waals surface area contributed by atoms with Crippen LogP contribution in [0.25, 0.3) is 11.1 Å². The molecule has 0 aliphatic carbocycles. The Labute approximate surface area is 93.8 Å². The maximum Gasteiger partial charge on any atom is 0.150 e. The summed E-state index contributed by atoms with van der Waals surface area (Å²) in [6.07, 6.45) is 0.781. The summed E-state index contributed by atoms with van der Waals surface area (Å²) in [5, 5.41) is 8.75. The average molecular weight is 207 g/mol. The van der Waals surface area contributed by atoms with Gasteiger partial charge in [0.15, 0.2) is 6.29 Å². The fourth-order valence-electron chi connectivity index (χ4n) is 1.61. The monoisotopic (exact) mass is 207 g/mol. The molecule has 2 nitrogen and oxygen atoms in total. The lowest BCUT2D eigenvalue weighted by Crippen LogP contribution is -1.88.